The van der Waals surface area contributed by atoms with E-state index in [1.165, 1.54) is 10.6 Å². The Labute approximate surface area is 111 Å². The molecule has 0 unspecified atom stereocenters. The first kappa shape index (κ1) is 14.2. The third kappa shape index (κ3) is 3.59. The molecule has 0 spiro atoms. The van der Waals surface area contributed by atoms with Crippen LogP contribution in [0.2, 0.25) is 0 Å². The number of aromatic nitrogens is 1. The Morgan fingerprint density at radius 2 is 2.06 bits per heavy atom. The molecular weight excluding hydrogens is 308 g/mol. The molecule has 0 aliphatic heterocycles. The van der Waals surface area contributed by atoms with Gasteiger partial charge in [0.25, 0.3) is 5.91 Å². The van der Waals surface area contributed by atoms with Crippen molar-refractivity contribution in [3.8, 4) is 0 Å². The molecule has 1 rings (SSSR count). The van der Waals surface area contributed by atoms with Gasteiger partial charge in [0.2, 0.25) is 0 Å². The number of halogens is 1. The molecule has 0 bridgehead atoms. The van der Waals surface area contributed by atoms with Crippen LogP contribution in [-0.2, 0) is 16.6 Å². The highest BCUT2D eigenvalue weighted by molar-refractivity contribution is 9.10. The van der Waals surface area contributed by atoms with Crippen molar-refractivity contribution in [3.63, 3.8) is 0 Å². The zero-order valence-corrected chi connectivity index (χ0v) is 11.0. The van der Waals surface area contributed by atoms with Crippen LogP contribution < -0.4 is 5.32 Å². The van der Waals surface area contributed by atoms with Gasteiger partial charge in [-0.15, -0.1) is 0 Å². The summed E-state index contributed by atoms with van der Waals surface area (Å²) >= 11 is 3.18. The smallest absolute Gasteiger partial charge is 0.326 e. The minimum atomic E-state index is -1.45. The van der Waals surface area contributed by atoms with Crippen molar-refractivity contribution in [2.75, 3.05) is 0 Å². The molecule has 1 amide bonds. The number of rotatable bonds is 5. The van der Waals surface area contributed by atoms with E-state index in [4.69, 9.17) is 10.2 Å². The zero-order chi connectivity index (χ0) is 13.9. The van der Waals surface area contributed by atoms with Crippen LogP contribution >= 0.6 is 15.9 Å². The van der Waals surface area contributed by atoms with E-state index in [0.717, 1.165) is 0 Å². The Bertz CT molecular complexity index is 496. The molecule has 1 atom stereocenters. The molecule has 0 aliphatic carbocycles. The third-order valence-electron chi connectivity index (χ3n) is 2.19. The summed E-state index contributed by atoms with van der Waals surface area (Å²) < 4.78 is 2.17. The summed E-state index contributed by atoms with van der Waals surface area (Å²) in [4.78, 5) is 33.0. The van der Waals surface area contributed by atoms with E-state index in [1.807, 2.05) is 0 Å². The van der Waals surface area contributed by atoms with Gasteiger partial charge in [0.05, 0.1) is 6.42 Å². The molecule has 18 heavy (non-hydrogen) atoms. The summed E-state index contributed by atoms with van der Waals surface area (Å²) in [7, 11) is 1.62. The van der Waals surface area contributed by atoms with Crippen LogP contribution in [-0.4, -0.2) is 38.7 Å². The lowest BCUT2D eigenvalue weighted by Gasteiger charge is -2.12. The van der Waals surface area contributed by atoms with Crippen LogP contribution in [0.1, 0.15) is 16.9 Å². The summed E-state index contributed by atoms with van der Waals surface area (Å²) in [6.07, 6.45) is 0.953. The molecule has 8 heteroatoms. The van der Waals surface area contributed by atoms with Gasteiger partial charge in [-0.1, -0.05) is 0 Å². The van der Waals surface area contributed by atoms with Gasteiger partial charge in [0.15, 0.2) is 0 Å². The van der Waals surface area contributed by atoms with Crippen LogP contribution in [0.3, 0.4) is 0 Å². The molecule has 98 valence electrons. The maximum absolute atomic E-state index is 11.8. The number of aryl methyl sites for hydroxylation is 1. The van der Waals surface area contributed by atoms with Gasteiger partial charge >= 0.3 is 11.9 Å². The quantitative estimate of drug-likeness (QED) is 0.730. The number of nitrogens with one attached hydrogen (secondary N) is 1. The maximum Gasteiger partial charge on any atom is 0.326 e. The van der Waals surface area contributed by atoms with E-state index in [-0.39, 0.29) is 5.69 Å². The highest BCUT2D eigenvalue weighted by Gasteiger charge is 2.24. The molecule has 7 nitrogen and oxygen atoms in total. The van der Waals surface area contributed by atoms with Crippen LogP contribution in [0, 0.1) is 0 Å². The summed E-state index contributed by atoms with van der Waals surface area (Å²) in [6.45, 7) is 0. The Morgan fingerprint density at radius 3 is 2.44 bits per heavy atom. The first-order chi connectivity index (χ1) is 8.31. The fourth-order valence-electron chi connectivity index (χ4n) is 1.36. The molecule has 1 aromatic rings. The van der Waals surface area contributed by atoms with E-state index in [0.29, 0.717) is 4.47 Å². The normalized spacial score (nSPS) is 11.9. The number of carboxylic acids is 2. The number of carbonyl (C=O) groups excluding carboxylic acids is 1. The van der Waals surface area contributed by atoms with Crippen LogP contribution in [0.5, 0.6) is 0 Å². The first-order valence-corrected chi connectivity index (χ1v) is 5.68. The van der Waals surface area contributed by atoms with E-state index < -0.39 is 30.3 Å². The SMILES string of the molecule is Cn1cc(Br)cc1C(=O)N[C@H](CC(=O)O)C(=O)O. The number of hydrogen-bond acceptors (Lipinski definition) is 3. The van der Waals surface area contributed by atoms with Gasteiger partial charge in [-0.25, -0.2) is 4.79 Å². The molecule has 0 aliphatic rings. The standard InChI is InChI=1S/C10H11BrN2O5/c1-13-4-5(11)2-7(13)9(16)12-6(10(17)18)3-8(14)15/h2,4,6H,3H2,1H3,(H,12,16)(H,14,15)(H,17,18)/t6-/m1/s1. The molecule has 1 aromatic heterocycles. The fraction of sp³-hybridized carbons (Fsp3) is 0.300. The van der Waals surface area contributed by atoms with Gasteiger partial charge in [0.1, 0.15) is 11.7 Å². The molecule has 1 heterocycles. The van der Waals surface area contributed by atoms with Crippen molar-refractivity contribution in [2.45, 2.75) is 12.5 Å². The van der Waals surface area contributed by atoms with Crippen molar-refractivity contribution in [1.29, 1.82) is 0 Å². The van der Waals surface area contributed by atoms with E-state index in [2.05, 4.69) is 21.2 Å². The van der Waals surface area contributed by atoms with Crippen molar-refractivity contribution in [3.05, 3.63) is 22.4 Å². The molecular formula is C10H11BrN2O5. The molecule has 3 N–H and O–H groups in total. The molecule has 0 aromatic carbocycles. The Hall–Kier alpha value is -1.83. The Kier molecular flexibility index (Phi) is 4.49. The second kappa shape index (κ2) is 5.67. The minimum absolute atomic E-state index is 0.235. The predicted octanol–water partition coefficient (Wildman–Crippen LogP) is 0.445. The topological polar surface area (TPSA) is 109 Å². The predicted molar refractivity (Wildman–Crippen MR) is 64.3 cm³/mol. The average molecular weight is 319 g/mol. The number of nitrogens with zero attached hydrogens (tertiary/aromatic N) is 1. The second-order valence-electron chi connectivity index (χ2n) is 3.62. The van der Waals surface area contributed by atoms with Crippen LogP contribution in [0.15, 0.2) is 16.7 Å². The number of hydrogen-bond donors (Lipinski definition) is 3. The molecule has 0 fully saturated rings. The second-order valence-corrected chi connectivity index (χ2v) is 4.53. The number of carbonyl (C=O) groups is 3. The van der Waals surface area contributed by atoms with Gasteiger partial charge in [-0.2, -0.15) is 0 Å². The lowest BCUT2D eigenvalue weighted by atomic mass is 10.2. The molecule has 0 radical (unpaired) electrons. The highest BCUT2D eigenvalue weighted by atomic mass is 79.9. The van der Waals surface area contributed by atoms with E-state index in [1.54, 1.807) is 13.2 Å². The molecule has 0 saturated carbocycles. The summed E-state index contributed by atoms with van der Waals surface area (Å²) in [5.41, 5.74) is 0.235. The van der Waals surface area contributed by atoms with Crippen molar-refractivity contribution >= 4 is 33.8 Å². The maximum atomic E-state index is 11.8. The fourth-order valence-corrected chi connectivity index (χ4v) is 1.88. The minimum Gasteiger partial charge on any atom is -0.481 e. The number of amides is 1. The van der Waals surface area contributed by atoms with E-state index >= 15 is 0 Å². The lowest BCUT2D eigenvalue weighted by molar-refractivity contribution is -0.145. The van der Waals surface area contributed by atoms with Crippen molar-refractivity contribution in [1.82, 2.24) is 9.88 Å². The summed E-state index contributed by atoms with van der Waals surface area (Å²) in [5.74, 6) is -3.33. The van der Waals surface area contributed by atoms with Gasteiger partial charge in [-0.05, 0) is 22.0 Å². The Morgan fingerprint density at radius 1 is 1.44 bits per heavy atom. The average Bonchev–Trinajstić information content (AvgIpc) is 2.56. The van der Waals surface area contributed by atoms with Gasteiger partial charge in [0, 0.05) is 17.7 Å². The van der Waals surface area contributed by atoms with E-state index in [9.17, 15) is 14.4 Å². The number of aliphatic carboxylic acids is 2. The monoisotopic (exact) mass is 318 g/mol. The largest absolute Gasteiger partial charge is 0.481 e. The Balaban J connectivity index is 2.81. The first-order valence-electron chi connectivity index (χ1n) is 4.88. The van der Waals surface area contributed by atoms with Crippen LogP contribution in [0.4, 0.5) is 0 Å². The zero-order valence-electron chi connectivity index (χ0n) is 9.38. The number of carboxylic acid groups (broad SMARTS) is 2. The van der Waals surface area contributed by atoms with Gasteiger partial charge in [-0.3, -0.25) is 9.59 Å². The summed E-state index contributed by atoms with van der Waals surface area (Å²) in [5, 5.41) is 19.5. The van der Waals surface area contributed by atoms with Crippen molar-refractivity contribution < 1.29 is 24.6 Å². The van der Waals surface area contributed by atoms with Crippen LogP contribution in [0.25, 0.3) is 0 Å². The van der Waals surface area contributed by atoms with Crippen molar-refractivity contribution in [2.24, 2.45) is 7.05 Å². The lowest BCUT2D eigenvalue weighted by Crippen LogP contribution is -2.42. The molecule has 0 saturated heterocycles. The highest BCUT2D eigenvalue weighted by Crippen LogP contribution is 2.13. The third-order valence-corrected chi connectivity index (χ3v) is 2.62. The van der Waals surface area contributed by atoms with Gasteiger partial charge < -0.3 is 20.1 Å². The summed E-state index contributed by atoms with van der Waals surface area (Å²) in [6, 6.07) is 0.0540.